The zero-order valence-corrected chi connectivity index (χ0v) is 10.2. The number of rotatable bonds is 3. The van der Waals surface area contributed by atoms with E-state index in [-0.39, 0.29) is 11.4 Å². The van der Waals surface area contributed by atoms with E-state index in [0.29, 0.717) is 5.02 Å². The van der Waals surface area contributed by atoms with Crippen LogP contribution in [0.15, 0.2) is 18.2 Å². The summed E-state index contributed by atoms with van der Waals surface area (Å²) >= 11 is 5.76. The average Bonchev–Trinajstić information content (AvgIpc) is 1.99. The monoisotopic (exact) mass is 229 g/mol. The van der Waals surface area contributed by atoms with Crippen molar-refractivity contribution in [1.29, 1.82) is 0 Å². The molecule has 1 nitrogen and oxygen atoms in total. The van der Waals surface area contributed by atoms with E-state index in [9.17, 15) is 4.39 Å². The summed E-state index contributed by atoms with van der Waals surface area (Å²) in [5.41, 5.74) is 1.02. The van der Waals surface area contributed by atoms with Gasteiger partial charge < -0.3 is 5.32 Å². The van der Waals surface area contributed by atoms with Crippen LogP contribution in [0.1, 0.15) is 26.3 Å². The second-order valence-electron chi connectivity index (χ2n) is 4.70. The van der Waals surface area contributed by atoms with E-state index in [1.807, 2.05) is 0 Å². The maximum atomic E-state index is 13.0. The van der Waals surface area contributed by atoms with Crippen LogP contribution in [0, 0.1) is 5.82 Å². The molecule has 3 heteroatoms. The molecule has 0 saturated carbocycles. The normalized spacial score (nSPS) is 11.8. The summed E-state index contributed by atoms with van der Waals surface area (Å²) in [5, 5.41) is 3.80. The Kier molecular flexibility index (Phi) is 4.12. The van der Waals surface area contributed by atoms with E-state index in [1.165, 1.54) is 12.1 Å². The smallest absolute Gasteiger partial charge is 0.124 e. The van der Waals surface area contributed by atoms with Gasteiger partial charge in [-0.1, -0.05) is 11.6 Å². The molecular weight excluding hydrogens is 213 g/mol. The second-order valence-corrected chi connectivity index (χ2v) is 5.14. The lowest BCUT2D eigenvalue weighted by Crippen LogP contribution is -2.37. The van der Waals surface area contributed by atoms with Crippen molar-refractivity contribution in [2.45, 2.75) is 32.7 Å². The second kappa shape index (κ2) is 4.95. The fourth-order valence-electron chi connectivity index (χ4n) is 1.34. The molecule has 0 aliphatic heterocycles. The van der Waals surface area contributed by atoms with Crippen molar-refractivity contribution in [3.8, 4) is 0 Å². The van der Waals surface area contributed by atoms with Crippen LogP contribution in [-0.4, -0.2) is 12.1 Å². The quantitative estimate of drug-likeness (QED) is 0.838. The van der Waals surface area contributed by atoms with Gasteiger partial charge in [0.25, 0.3) is 0 Å². The van der Waals surface area contributed by atoms with Crippen LogP contribution in [0.25, 0.3) is 0 Å². The highest BCUT2D eigenvalue weighted by atomic mass is 35.5. The Labute approximate surface area is 95.6 Å². The molecule has 1 aromatic carbocycles. The van der Waals surface area contributed by atoms with E-state index in [2.05, 4.69) is 26.1 Å². The Morgan fingerprint density at radius 2 is 1.93 bits per heavy atom. The topological polar surface area (TPSA) is 12.0 Å². The first-order valence-corrected chi connectivity index (χ1v) is 5.45. The summed E-state index contributed by atoms with van der Waals surface area (Å²) in [6.07, 6.45) is 0.786. The fourth-order valence-corrected chi connectivity index (χ4v) is 1.58. The molecule has 0 unspecified atom stereocenters. The van der Waals surface area contributed by atoms with Gasteiger partial charge in [0.2, 0.25) is 0 Å². The molecule has 0 bridgehead atoms. The Balaban J connectivity index is 2.51. The van der Waals surface area contributed by atoms with Crippen molar-refractivity contribution in [2.24, 2.45) is 0 Å². The molecule has 0 aromatic heterocycles. The number of halogens is 2. The summed E-state index contributed by atoms with van der Waals surface area (Å²) < 4.78 is 13.0. The third-order valence-electron chi connectivity index (χ3n) is 1.99. The first-order valence-electron chi connectivity index (χ1n) is 5.07. The zero-order chi connectivity index (χ0) is 11.5. The van der Waals surface area contributed by atoms with Crippen LogP contribution in [0.3, 0.4) is 0 Å². The summed E-state index contributed by atoms with van der Waals surface area (Å²) in [5.74, 6) is -0.270. The predicted octanol–water partition coefficient (Wildman–Crippen LogP) is 3.41. The predicted molar refractivity (Wildman–Crippen MR) is 62.9 cm³/mol. The van der Waals surface area contributed by atoms with Crippen molar-refractivity contribution in [3.05, 3.63) is 34.6 Å². The Bertz CT molecular complexity index is 311. The van der Waals surface area contributed by atoms with E-state index in [4.69, 9.17) is 11.6 Å². The lowest BCUT2D eigenvalue weighted by molar-refractivity contribution is 0.429. The van der Waals surface area contributed by atoms with Gasteiger partial charge in [-0.3, -0.25) is 0 Å². The van der Waals surface area contributed by atoms with Gasteiger partial charge in [-0.2, -0.15) is 0 Å². The maximum absolute atomic E-state index is 13.0. The van der Waals surface area contributed by atoms with Crippen molar-refractivity contribution in [1.82, 2.24) is 5.32 Å². The molecule has 0 aliphatic rings. The highest BCUT2D eigenvalue weighted by molar-refractivity contribution is 6.30. The lowest BCUT2D eigenvalue weighted by Gasteiger charge is -2.20. The van der Waals surface area contributed by atoms with E-state index in [0.717, 1.165) is 18.5 Å². The van der Waals surface area contributed by atoms with Gasteiger partial charge in [0.1, 0.15) is 5.82 Å². The molecule has 0 heterocycles. The highest BCUT2D eigenvalue weighted by Crippen LogP contribution is 2.14. The Morgan fingerprint density at radius 3 is 2.47 bits per heavy atom. The summed E-state index contributed by atoms with van der Waals surface area (Å²) in [6.45, 7) is 7.13. The van der Waals surface area contributed by atoms with Gasteiger partial charge in [0, 0.05) is 10.6 Å². The highest BCUT2D eigenvalue weighted by Gasteiger charge is 2.08. The van der Waals surface area contributed by atoms with Crippen molar-refractivity contribution in [2.75, 3.05) is 6.54 Å². The molecule has 1 rings (SSSR count). The van der Waals surface area contributed by atoms with Crippen LogP contribution in [-0.2, 0) is 6.42 Å². The molecule has 0 spiro atoms. The number of hydrogen-bond donors (Lipinski definition) is 1. The van der Waals surface area contributed by atoms with E-state index < -0.39 is 0 Å². The first kappa shape index (κ1) is 12.5. The lowest BCUT2D eigenvalue weighted by atomic mass is 10.1. The molecule has 1 aromatic rings. The van der Waals surface area contributed by atoms with Gasteiger partial charge in [0.15, 0.2) is 0 Å². The molecule has 0 aliphatic carbocycles. The summed E-state index contributed by atoms with van der Waals surface area (Å²) in [4.78, 5) is 0. The largest absolute Gasteiger partial charge is 0.312 e. The van der Waals surface area contributed by atoms with Gasteiger partial charge in [0.05, 0.1) is 0 Å². The molecule has 1 N–H and O–H groups in total. The summed E-state index contributed by atoms with van der Waals surface area (Å²) in [6, 6.07) is 4.65. The minimum absolute atomic E-state index is 0.0944. The van der Waals surface area contributed by atoms with Crippen molar-refractivity contribution < 1.29 is 4.39 Å². The molecule has 0 radical (unpaired) electrons. The fraction of sp³-hybridized carbons (Fsp3) is 0.500. The standard InChI is InChI=1S/C12H17ClFN/c1-12(2,3)15-5-4-9-6-10(13)8-11(14)7-9/h6-8,15H,4-5H2,1-3H3. The van der Waals surface area contributed by atoms with Crippen LogP contribution in [0.4, 0.5) is 4.39 Å². The molecule has 84 valence electrons. The van der Waals surface area contributed by atoms with Crippen LogP contribution in [0.5, 0.6) is 0 Å². The molecule has 0 fully saturated rings. The third-order valence-corrected chi connectivity index (χ3v) is 2.21. The molecule has 0 saturated heterocycles. The van der Waals surface area contributed by atoms with E-state index in [1.54, 1.807) is 6.07 Å². The Hall–Kier alpha value is -0.600. The van der Waals surface area contributed by atoms with Crippen LogP contribution >= 0.6 is 11.6 Å². The van der Waals surface area contributed by atoms with Gasteiger partial charge in [-0.15, -0.1) is 0 Å². The molecule has 0 amide bonds. The molecule has 0 atom stereocenters. The summed E-state index contributed by atoms with van der Waals surface area (Å²) in [7, 11) is 0. The number of benzene rings is 1. The van der Waals surface area contributed by atoms with Gasteiger partial charge in [-0.25, -0.2) is 4.39 Å². The number of nitrogens with one attached hydrogen (secondary N) is 1. The van der Waals surface area contributed by atoms with Crippen LogP contribution < -0.4 is 5.32 Å². The van der Waals surface area contributed by atoms with Crippen molar-refractivity contribution >= 4 is 11.6 Å². The van der Waals surface area contributed by atoms with Gasteiger partial charge >= 0.3 is 0 Å². The average molecular weight is 230 g/mol. The number of hydrogen-bond acceptors (Lipinski definition) is 1. The minimum Gasteiger partial charge on any atom is -0.312 e. The Morgan fingerprint density at radius 1 is 1.27 bits per heavy atom. The first-order chi connectivity index (χ1) is 6.87. The SMILES string of the molecule is CC(C)(C)NCCc1cc(F)cc(Cl)c1. The minimum atomic E-state index is -0.270. The van der Waals surface area contributed by atoms with Crippen molar-refractivity contribution in [3.63, 3.8) is 0 Å². The van der Waals surface area contributed by atoms with E-state index >= 15 is 0 Å². The van der Waals surface area contributed by atoms with Crippen LogP contribution in [0.2, 0.25) is 5.02 Å². The molecular formula is C12H17ClFN. The zero-order valence-electron chi connectivity index (χ0n) is 9.40. The maximum Gasteiger partial charge on any atom is 0.124 e. The van der Waals surface area contributed by atoms with Gasteiger partial charge in [-0.05, 0) is 57.5 Å². The third kappa shape index (κ3) is 5.14. The molecule has 15 heavy (non-hydrogen) atoms.